The second kappa shape index (κ2) is 7.02. The van der Waals surface area contributed by atoms with Gasteiger partial charge in [-0.3, -0.25) is 9.69 Å². The molecule has 2 atom stereocenters. The Hall–Kier alpha value is -1.04. The zero-order chi connectivity index (χ0) is 15.5. The van der Waals surface area contributed by atoms with Crippen molar-refractivity contribution < 1.29 is 9.90 Å². The lowest BCUT2D eigenvalue weighted by molar-refractivity contribution is -0.124. The minimum atomic E-state index is -0.120. The third kappa shape index (κ3) is 3.16. The lowest BCUT2D eigenvalue weighted by Gasteiger charge is -2.38. The molecule has 0 aliphatic carbocycles. The molecule has 2 aliphatic rings. The zero-order valence-electron chi connectivity index (χ0n) is 13.1. The van der Waals surface area contributed by atoms with Gasteiger partial charge in [0.15, 0.2) is 0 Å². The summed E-state index contributed by atoms with van der Waals surface area (Å²) < 4.78 is 0. The Morgan fingerprint density at radius 3 is 3.05 bits per heavy atom. The van der Waals surface area contributed by atoms with E-state index in [1.165, 1.54) is 4.90 Å². The van der Waals surface area contributed by atoms with Crippen molar-refractivity contribution in [2.24, 2.45) is 5.92 Å². The molecule has 1 fully saturated rings. The van der Waals surface area contributed by atoms with Gasteiger partial charge < -0.3 is 10.0 Å². The fraction of sp³-hybridized carbons (Fsp3) is 0.588. The SMILES string of the molecule is CC(C(=O)N1CCSc2ccccc21)N1CCCC(CO)C1. The Balaban J connectivity index is 1.74. The summed E-state index contributed by atoms with van der Waals surface area (Å²) >= 11 is 1.82. The maximum atomic E-state index is 13.0. The molecule has 5 heteroatoms. The van der Waals surface area contributed by atoms with Crippen LogP contribution in [0.3, 0.4) is 0 Å². The van der Waals surface area contributed by atoms with E-state index in [0.29, 0.717) is 5.92 Å². The molecule has 1 aromatic carbocycles. The van der Waals surface area contributed by atoms with Gasteiger partial charge in [-0.2, -0.15) is 0 Å². The number of nitrogens with zero attached hydrogens (tertiary/aromatic N) is 2. The van der Waals surface area contributed by atoms with Gasteiger partial charge in [-0.1, -0.05) is 12.1 Å². The van der Waals surface area contributed by atoms with Gasteiger partial charge in [0.25, 0.3) is 0 Å². The minimum Gasteiger partial charge on any atom is -0.396 e. The minimum absolute atomic E-state index is 0.120. The topological polar surface area (TPSA) is 43.8 Å². The summed E-state index contributed by atoms with van der Waals surface area (Å²) in [4.78, 5) is 18.3. The Morgan fingerprint density at radius 1 is 1.41 bits per heavy atom. The van der Waals surface area contributed by atoms with Crippen molar-refractivity contribution in [2.75, 3.05) is 36.9 Å². The van der Waals surface area contributed by atoms with Gasteiger partial charge in [-0.15, -0.1) is 11.8 Å². The molecule has 0 radical (unpaired) electrons. The van der Waals surface area contributed by atoms with Crippen molar-refractivity contribution in [3.63, 3.8) is 0 Å². The van der Waals surface area contributed by atoms with E-state index in [2.05, 4.69) is 11.0 Å². The van der Waals surface area contributed by atoms with E-state index in [1.54, 1.807) is 0 Å². The number of hydrogen-bond acceptors (Lipinski definition) is 4. The lowest BCUT2D eigenvalue weighted by Crippen LogP contribution is -2.52. The molecule has 2 aliphatic heterocycles. The summed E-state index contributed by atoms with van der Waals surface area (Å²) in [6, 6.07) is 8.04. The fourth-order valence-electron chi connectivity index (χ4n) is 3.38. The molecule has 22 heavy (non-hydrogen) atoms. The normalized spacial score (nSPS) is 23.9. The molecule has 4 nitrogen and oxygen atoms in total. The van der Waals surface area contributed by atoms with Crippen LogP contribution in [0, 0.1) is 5.92 Å². The van der Waals surface area contributed by atoms with Crippen molar-refractivity contribution >= 4 is 23.4 Å². The number of rotatable bonds is 3. The highest BCUT2D eigenvalue weighted by atomic mass is 32.2. The molecular formula is C17H24N2O2S. The smallest absolute Gasteiger partial charge is 0.244 e. The summed E-state index contributed by atoms with van der Waals surface area (Å²) in [5.41, 5.74) is 1.05. The Bertz CT molecular complexity index is 537. The fourth-order valence-corrected chi connectivity index (χ4v) is 4.37. The van der Waals surface area contributed by atoms with Crippen molar-refractivity contribution in [3.8, 4) is 0 Å². The molecule has 0 saturated carbocycles. The largest absolute Gasteiger partial charge is 0.396 e. The predicted octanol–water partition coefficient (Wildman–Crippen LogP) is 2.22. The summed E-state index contributed by atoms with van der Waals surface area (Å²) in [5, 5.41) is 9.38. The molecule has 120 valence electrons. The maximum absolute atomic E-state index is 13.0. The number of carbonyl (C=O) groups is 1. The second-order valence-corrected chi connectivity index (χ2v) is 7.30. The van der Waals surface area contributed by atoms with E-state index < -0.39 is 0 Å². The quantitative estimate of drug-likeness (QED) is 0.927. The number of likely N-dealkylation sites (tertiary alicyclic amines) is 1. The number of carbonyl (C=O) groups excluding carboxylic acids is 1. The van der Waals surface area contributed by atoms with Gasteiger partial charge in [0.05, 0.1) is 11.7 Å². The molecule has 0 aromatic heterocycles. The monoisotopic (exact) mass is 320 g/mol. The van der Waals surface area contributed by atoms with Crippen LogP contribution in [0.4, 0.5) is 5.69 Å². The lowest BCUT2D eigenvalue weighted by atomic mass is 9.97. The molecule has 2 unspecified atom stereocenters. The third-order valence-electron chi connectivity index (χ3n) is 4.71. The number of fused-ring (bicyclic) bond motifs is 1. The van der Waals surface area contributed by atoms with Crippen molar-refractivity contribution in [2.45, 2.75) is 30.7 Å². The average molecular weight is 320 g/mol. The first-order valence-corrected chi connectivity index (χ1v) is 9.07. The third-order valence-corrected chi connectivity index (χ3v) is 5.75. The van der Waals surface area contributed by atoms with Crippen molar-refractivity contribution in [1.82, 2.24) is 4.90 Å². The Morgan fingerprint density at radius 2 is 2.23 bits per heavy atom. The molecule has 0 spiro atoms. The number of amides is 1. The highest BCUT2D eigenvalue weighted by molar-refractivity contribution is 7.99. The van der Waals surface area contributed by atoms with Gasteiger partial charge in [0.1, 0.15) is 0 Å². The molecule has 0 bridgehead atoms. The van der Waals surface area contributed by atoms with Gasteiger partial charge in [-0.25, -0.2) is 0 Å². The number of piperidine rings is 1. The van der Waals surface area contributed by atoms with Gasteiger partial charge in [0, 0.05) is 30.3 Å². The first kappa shape index (κ1) is 15.8. The van der Waals surface area contributed by atoms with Crippen LogP contribution in [0.1, 0.15) is 19.8 Å². The van der Waals surface area contributed by atoms with E-state index >= 15 is 0 Å². The van der Waals surface area contributed by atoms with E-state index in [1.807, 2.05) is 41.8 Å². The molecule has 2 heterocycles. The number of aliphatic hydroxyl groups is 1. The first-order chi connectivity index (χ1) is 10.7. The number of aliphatic hydroxyl groups excluding tert-OH is 1. The van der Waals surface area contributed by atoms with Crippen LogP contribution in [0.25, 0.3) is 0 Å². The molecule has 3 rings (SSSR count). The molecule has 1 amide bonds. The summed E-state index contributed by atoms with van der Waals surface area (Å²) in [6.45, 7) is 4.79. The summed E-state index contributed by atoms with van der Waals surface area (Å²) in [6.07, 6.45) is 2.13. The molecule has 1 aromatic rings. The molecule has 1 N–H and O–H groups in total. The molecular weight excluding hydrogens is 296 g/mol. The summed E-state index contributed by atoms with van der Waals surface area (Å²) in [7, 11) is 0. The van der Waals surface area contributed by atoms with Crippen molar-refractivity contribution in [1.29, 1.82) is 0 Å². The van der Waals surface area contributed by atoms with Crippen LogP contribution in [-0.2, 0) is 4.79 Å². The number of anilines is 1. The molecule has 1 saturated heterocycles. The Kier molecular flexibility index (Phi) is 5.06. The predicted molar refractivity (Wildman–Crippen MR) is 90.4 cm³/mol. The van der Waals surface area contributed by atoms with Crippen LogP contribution in [0.5, 0.6) is 0 Å². The zero-order valence-corrected chi connectivity index (χ0v) is 13.9. The standard InChI is InChI=1S/C17H24N2O2S/c1-13(18-8-4-5-14(11-18)12-20)17(21)19-9-10-22-16-7-3-2-6-15(16)19/h2-3,6-7,13-14,20H,4-5,8-12H2,1H3. The van der Waals surface area contributed by atoms with Gasteiger partial charge >= 0.3 is 0 Å². The van der Waals surface area contributed by atoms with Crippen molar-refractivity contribution in [3.05, 3.63) is 24.3 Å². The summed E-state index contributed by atoms with van der Waals surface area (Å²) in [5.74, 6) is 1.45. The van der Waals surface area contributed by atoms with Crippen LogP contribution >= 0.6 is 11.8 Å². The van der Waals surface area contributed by atoms with Gasteiger partial charge in [0.2, 0.25) is 5.91 Å². The number of thioether (sulfide) groups is 1. The van der Waals surface area contributed by atoms with E-state index in [0.717, 1.165) is 43.9 Å². The van der Waals surface area contributed by atoms with Gasteiger partial charge in [-0.05, 0) is 44.4 Å². The van der Waals surface area contributed by atoms with E-state index in [9.17, 15) is 9.90 Å². The number of benzene rings is 1. The van der Waals surface area contributed by atoms with Crippen LogP contribution in [0.15, 0.2) is 29.2 Å². The highest BCUT2D eigenvalue weighted by Crippen LogP contribution is 2.35. The van der Waals surface area contributed by atoms with Crippen LogP contribution in [0.2, 0.25) is 0 Å². The average Bonchev–Trinajstić information content (AvgIpc) is 2.60. The second-order valence-electron chi connectivity index (χ2n) is 6.17. The van der Waals surface area contributed by atoms with E-state index in [4.69, 9.17) is 0 Å². The first-order valence-electron chi connectivity index (χ1n) is 8.09. The maximum Gasteiger partial charge on any atom is 0.244 e. The van der Waals surface area contributed by atoms with Crippen LogP contribution in [-0.4, -0.2) is 53.9 Å². The number of para-hydroxylation sites is 1. The number of hydrogen-bond donors (Lipinski definition) is 1. The highest BCUT2D eigenvalue weighted by Gasteiger charge is 2.32. The van der Waals surface area contributed by atoms with E-state index in [-0.39, 0.29) is 18.6 Å². The Labute approximate surface area is 136 Å². The van der Waals surface area contributed by atoms with Crippen LogP contribution < -0.4 is 4.90 Å².